The van der Waals surface area contributed by atoms with E-state index in [1.165, 1.54) is 0 Å². The fourth-order valence-electron chi connectivity index (χ4n) is 4.70. The predicted molar refractivity (Wildman–Crippen MR) is 157 cm³/mol. The molecule has 0 spiro atoms. The molecule has 1 aliphatic heterocycles. The van der Waals surface area contributed by atoms with Crippen LogP contribution >= 0.6 is 12.2 Å². The molecule has 1 saturated heterocycles. The fraction of sp³-hybridized carbons (Fsp3) is 0.267. The van der Waals surface area contributed by atoms with Gasteiger partial charge in [0.05, 0.1) is 24.5 Å². The summed E-state index contributed by atoms with van der Waals surface area (Å²) in [5.74, 6) is 0.465. The number of nitrogens with zero attached hydrogens (tertiary/aromatic N) is 4. The largest absolute Gasteiger partial charge is 0.494 e. The van der Waals surface area contributed by atoms with Gasteiger partial charge in [-0.05, 0) is 60.2 Å². The lowest BCUT2D eigenvalue weighted by molar-refractivity contribution is -0.123. The second-order valence-electron chi connectivity index (χ2n) is 10.5. The predicted octanol–water partition coefficient (Wildman–Crippen LogP) is 5.50. The topological polar surface area (TPSA) is 84.3 Å². The van der Waals surface area contributed by atoms with Crippen LogP contribution in [-0.2, 0) is 11.3 Å². The first kappa shape index (κ1) is 26.4. The van der Waals surface area contributed by atoms with E-state index in [-0.39, 0.29) is 18.0 Å². The summed E-state index contributed by atoms with van der Waals surface area (Å²) in [6, 6.07) is 19.4. The molecular weight excluding hydrogens is 508 g/mol. The van der Waals surface area contributed by atoms with Crippen LogP contribution in [0.15, 0.2) is 85.5 Å². The van der Waals surface area contributed by atoms with Crippen molar-refractivity contribution < 1.29 is 9.53 Å². The Hall–Kier alpha value is -4.24. The molecule has 1 amide bonds. The summed E-state index contributed by atoms with van der Waals surface area (Å²) in [6.07, 6.45) is 7.53. The maximum Gasteiger partial charge on any atom is 0.229 e. The molecule has 2 N–H and O–H groups in total. The molecule has 0 saturated carbocycles. The number of anilines is 2. The zero-order valence-electron chi connectivity index (χ0n) is 22.5. The van der Waals surface area contributed by atoms with Gasteiger partial charge in [-0.2, -0.15) is 0 Å². The van der Waals surface area contributed by atoms with Crippen LogP contribution in [0.1, 0.15) is 49.8 Å². The van der Waals surface area contributed by atoms with Crippen molar-refractivity contribution in [2.75, 3.05) is 17.3 Å². The number of pyridine rings is 2. The van der Waals surface area contributed by atoms with Crippen LogP contribution < -0.4 is 20.3 Å². The third-order valence-corrected chi connectivity index (χ3v) is 7.05. The summed E-state index contributed by atoms with van der Waals surface area (Å²) in [5.41, 5.74) is 3.98. The van der Waals surface area contributed by atoms with E-state index in [9.17, 15) is 4.79 Å². The number of amides is 1. The molecule has 1 aliphatic rings. The van der Waals surface area contributed by atoms with Crippen molar-refractivity contribution in [1.29, 1.82) is 0 Å². The summed E-state index contributed by atoms with van der Waals surface area (Å²) in [7, 11) is 1.60. The standard InChI is InChI=1S/C30H32N6O2S/c1-30(2,3)28(37)33-22-13-12-21(17-25(22)38-4)36-27(26(34-29(36)39)23-10-5-6-15-32-23)24-11-8-16-35(24)19-20-9-7-14-31-18-20/h5-18,26-27H,19H2,1-4H3,(H,33,37)(H,34,39)/t26-,27-/m1/s1. The Kier molecular flexibility index (Phi) is 7.34. The third-order valence-electron chi connectivity index (χ3n) is 6.73. The minimum absolute atomic E-state index is 0.0896. The molecular formula is C30H32N6O2S. The number of aromatic nitrogens is 3. The number of methoxy groups -OCH3 is 1. The first-order valence-corrected chi connectivity index (χ1v) is 13.2. The van der Waals surface area contributed by atoms with Crippen LogP contribution in [0.5, 0.6) is 5.75 Å². The lowest BCUT2D eigenvalue weighted by Crippen LogP contribution is -2.31. The highest BCUT2D eigenvalue weighted by Crippen LogP contribution is 2.43. The van der Waals surface area contributed by atoms with Crippen LogP contribution in [0.3, 0.4) is 0 Å². The highest BCUT2D eigenvalue weighted by Gasteiger charge is 2.42. The average Bonchev–Trinajstić information content (AvgIpc) is 3.52. The van der Waals surface area contributed by atoms with Crippen LogP contribution in [0.4, 0.5) is 11.4 Å². The van der Waals surface area contributed by atoms with Crippen LogP contribution in [0.2, 0.25) is 0 Å². The number of thiocarbonyl (C=S) groups is 1. The van der Waals surface area contributed by atoms with E-state index >= 15 is 0 Å². The van der Waals surface area contributed by atoms with Gasteiger partial charge in [0.1, 0.15) is 11.8 Å². The number of nitrogens with one attached hydrogen (secondary N) is 2. The maximum absolute atomic E-state index is 12.7. The average molecular weight is 541 g/mol. The van der Waals surface area contributed by atoms with E-state index in [0.717, 1.165) is 22.6 Å². The SMILES string of the molecule is COc1cc(N2C(=S)N[C@H](c3ccccn3)[C@H]2c2cccn2Cc2cccnc2)ccc1NC(=O)C(C)(C)C. The molecule has 5 rings (SSSR count). The molecule has 0 bridgehead atoms. The molecule has 1 aromatic carbocycles. The first-order valence-electron chi connectivity index (χ1n) is 12.8. The van der Waals surface area contributed by atoms with Crippen LogP contribution in [0, 0.1) is 5.41 Å². The first-order chi connectivity index (χ1) is 18.8. The molecule has 8 nitrogen and oxygen atoms in total. The number of ether oxygens (including phenoxy) is 1. The fourth-order valence-corrected chi connectivity index (χ4v) is 5.05. The van der Waals surface area contributed by atoms with Crippen LogP contribution in [0.25, 0.3) is 0 Å². The van der Waals surface area contributed by atoms with Gasteiger partial charge in [-0.3, -0.25) is 14.8 Å². The normalized spacial score (nSPS) is 17.1. The Labute approximate surface area is 234 Å². The van der Waals surface area contributed by atoms with Crippen molar-refractivity contribution in [2.24, 2.45) is 5.41 Å². The van der Waals surface area contributed by atoms with Gasteiger partial charge in [0.15, 0.2) is 5.11 Å². The summed E-state index contributed by atoms with van der Waals surface area (Å²) in [5, 5.41) is 7.08. The van der Waals surface area contributed by atoms with Crippen molar-refractivity contribution in [3.63, 3.8) is 0 Å². The molecule has 4 aromatic rings. The number of hydrogen-bond acceptors (Lipinski definition) is 5. The lowest BCUT2D eigenvalue weighted by atomic mass is 9.95. The molecule has 200 valence electrons. The van der Waals surface area contributed by atoms with Crippen molar-refractivity contribution >= 4 is 34.6 Å². The quantitative estimate of drug-likeness (QED) is 0.300. The molecule has 0 unspecified atom stereocenters. The van der Waals surface area contributed by atoms with E-state index in [1.807, 2.05) is 75.5 Å². The molecule has 4 heterocycles. The summed E-state index contributed by atoms with van der Waals surface area (Å²) >= 11 is 5.91. The number of carbonyl (C=O) groups excluding carboxylic acids is 1. The molecule has 39 heavy (non-hydrogen) atoms. The Morgan fingerprint density at radius 3 is 2.64 bits per heavy atom. The Bertz CT molecular complexity index is 1470. The molecule has 1 fully saturated rings. The number of hydrogen-bond donors (Lipinski definition) is 2. The summed E-state index contributed by atoms with van der Waals surface area (Å²) in [6.45, 7) is 6.30. The number of carbonyl (C=O) groups is 1. The smallest absolute Gasteiger partial charge is 0.229 e. The number of rotatable bonds is 7. The molecule has 2 atom stereocenters. The Balaban J connectivity index is 1.56. The van der Waals surface area contributed by atoms with Gasteiger partial charge in [-0.1, -0.05) is 32.9 Å². The number of benzene rings is 1. The zero-order valence-corrected chi connectivity index (χ0v) is 23.3. The molecule has 9 heteroatoms. The lowest BCUT2D eigenvalue weighted by Gasteiger charge is -2.29. The van der Waals surface area contributed by atoms with Gasteiger partial charge >= 0.3 is 0 Å². The van der Waals surface area contributed by atoms with Gasteiger partial charge in [-0.25, -0.2) is 0 Å². The van der Waals surface area contributed by atoms with Crippen molar-refractivity contribution in [3.05, 3.63) is 102 Å². The van der Waals surface area contributed by atoms with Gasteiger partial charge in [-0.15, -0.1) is 0 Å². The van der Waals surface area contributed by atoms with Crippen molar-refractivity contribution in [2.45, 2.75) is 39.4 Å². The van der Waals surface area contributed by atoms with Gasteiger partial charge in [0.2, 0.25) is 5.91 Å². The monoisotopic (exact) mass is 540 g/mol. The Morgan fingerprint density at radius 1 is 1.10 bits per heavy atom. The highest BCUT2D eigenvalue weighted by molar-refractivity contribution is 7.80. The van der Waals surface area contributed by atoms with E-state index in [0.29, 0.717) is 23.1 Å². The van der Waals surface area contributed by atoms with E-state index in [4.69, 9.17) is 17.0 Å². The van der Waals surface area contributed by atoms with E-state index in [1.54, 1.807) is 19.5 Å². The third kappa shape index (κ3) is 5.49. The molecule has 3 aromatic heterocycles. The second kappa shape index (κ2) is 10.9. The molecule has 0 radical (unpaired) electrons. The second-order valence-corrected chi connectivity index (χ2v) is 10.9. The van der Waals surface area contributed by atoms with Crippen molar-refractivity contribution in [3.8, 4) is 5.75 Å². The zero-order chi connectivity index (χ0) is 27.6. The van der Waals surface area contributed by atoms with Gasteiger partial charge in [0.25, 0.3) is 0 Å². The van der Waals surface area contributed by atoms with Crippen molar-refractivity contribution in [1.82, 2.24) is 19.9 Å². The van der Waals surface area contributed by atoms with E-state index in [2.05, 4.69) is 48.4 Å². The van der Waals surface area contributed by atoms with Gasteiger partial charge in [0, 0.05) is 54.2 Å². The Morgan fingerprint density at radius 2 is 1.95 bits per heavy atom. The maximum atomic E-state index is 12.7. The minimum Gasteiger partial charge on any atom is -0.494 e. The summed E-state index contributed by atoms with van der Waals surface area (Å²) < 4.78 is 7.92. The highest BCUT2D eigenvalue weighted by atomic mass is 32.1. The summed E-state index contributed by atoms with van der Waals surface area (Å²) in [4.78, 5) is 23.7. The molecule has 0 aliphatic carbocycles. The minimum atomic E-state index is -0.537. The van der Waals surface area contributed by atoms with Gasteiger partial charge < -0.3 is 24.8 Å². The van der Waals surface area contributed by atoms with E-state index < -0.39 is 5.41 Å². The van der Waals surface area contributed by atoms with Crippen LogP contribution in [-0.4, -0.2) is 32.7 Å².